The summed E-state index contributed by atoms with van der Waals surface area (Å²) in [4.78, 5) is 1.40. The summed E-state index contributed by atoms with van der Waals surface area (Å²) in [7, 11) is 0. The zero-order valence-corrected chi connectivity index (χ0v) is 10.8. The Morgan fingerprint density at radius 2 is 1.76 bits per heavy atom. The van der Waals surface area contributed by atoms with Crippen LogP contribution in [0.5, 0.6) is 0 Å². The summed E-state index contributed by atoms with van der Waals surface area (Å²) < 4.78 is 0. The molecule has 0 spiro atoms. The summed E-state index contributed by atoms with van der Waals surface area (Å²) in [5, 5.41) is 14.5. The zero-order chi connectivity index (χ0) is 12.1. The lowest BCUT2D eigenvalue weighted by Crippen LogP contribution is -2.12. The van der Waals surface area contributed by atoms with Gasteiger partial charge in [0.05, 0.1) is 6.61 Å². The van der Waals surface area contributed by atoms with Crippen LogP contribution in [0.25, 0.3) is 0 Å². The van der Waals surface area contributed by atoms with Gasteiger partial charge in [-0.15, -0.1) is 11.3 Å². The molecule has 0 radical (unpaired) electrons. The Labute approximate surface area is 106 Å². The van der Waals surface area contributed by atoms with Gasteiger partial charge in [-0.2, -0.15) is 0 Å². The normalized spacial score (nSPS) is 10.7. The molecule has 1 heterocycles. The Morgan fingerprint density at radius 3 is 2.35 bits per heavy atom. The van der Waals surface area contributed by atoms with Crippen LogP contribution in [0.2, 0.25) is 0 Å². The first-order valence-corrected chi connectivity index (χ1v) is 6.60. The number of hydrogen-bond acceptors (Lipinski definition) is 3. The van der Waals surface area contributed by atoms with Gasteiger partial charge in [-0.05, 0) is 35.1 Å². The zero-order valence-electron chi connectivity index (χ0n) is 9.94. The van der Waals surface area contributed by atoms with Crippen molar-refractivity contribution in [3.05, 3.63) is 57.3 Å². The molecule has 2 aromatic rings. The summed E-state index contributed by atoms with van der Waals surface area (Å²) in [6.07, 6.45) is 0. The smallest absolute Gasteiger partial charge is 0.0681 e. The molecule has 0 aliphatic heterocycles. The van der Waals surface area contributed by atoms with Gasteiger partial charge in [0.25, 0.3) is 0 Å². The van der Waals surface area contributed by atoms with Crippen LogP contribution >= 0.6 is 11.3 Å². The van der Waals surface area contributed by atoms with Gasteiger partial charge >= 0.3 is 0 Å². The van der Waals surface area contributed by atoms with Gasteiger partial charge in [-0.1, -0.05) is 24.3 Å². The molecule has 1 aromatic heterocycles. The molecule has 1 aromatic carbocycles. The standard InChI is InChI=1S/C14H17NOS/c1-11-6-7-17-14(11)9-15-8-12-2-4-13(10-16)5-3-12/h2-7,15-16H,8-10H2,1H3. The number of aliphatic hydroxyl groups is 1. The van der Waals surface area contributed by atoms with Crippen LogP contribution in [-0.2, 0) is 19.7 Å². The van der Waals surface area contributed by atoms with Crippen molar-refractivity contribution in [1.82, 2.24) is 5.32 Å². The lowest BCUT2D eigenvalue weighted by atomic mass is 10.1. The second kappa shape index (κ2) is 5.96. The lowest BCUT2D eigenvalue weighted by Gasteiger charge is -2.05. The molecule has 2 rings (SSSR count). The van der Waals surface area contributed by atoms with Gasteiger partial charge in [-0.25, -0.2) is 0 Å². The Bertz CT molecular complexity index is 461. The number of benzene rings is 1. The molecule has 3 heteroatoms. The highest BCUT2D eigenvalue weighted by molar-refractivity contribution is 7.10. The van der Waals surface area contributed by atoms with Crippen LogP contribution in [-0.4, -0.2) is 5.11 Å². The quantitative estimate of drug-likeness (QED) is 0.851. The molecule has 0 fully saturated rings. The molecule has 2 N–H and O–H groups in total. The number of rotatable bonds is 5. The third kappa shape index (κ3) is 3.40. The molecule has 0 bridgehead atoms. The minimum absolute atomic E-state index is 0.113. The van der Waals surface area contributed by atoms with Crippen LogP contribution in [0.4, 0.5) is 0 Å². The number of aryl methyl sites for hydroxylation is 1. The van der Waals surface area contributed by atoms with Crippen molar-refractivity contribution in [3.63, 3.8) is 0 Å². The molecule has 0 saturated heterocycles. The molecule has 17 heavy (non-hydrogen) atoms. The van der Waals surface area contributed by atoms with E-state index in [2.05, 4.69) is 35.8 Å². The topological polar surface area (TPSA) is 32.3 Å². The van der Waals surface area contributed by atoms with Gasteiger partial charge in [0.15, 0.2) is 0 Å². The van der Waals surface area contributed by atoms with E-state index in [1.807, 2.05) is 12.1 Å². The second-order valence-corrected chi connectivity index (χ2v) is 5.11. The van der Waals surface area contributed by atoms with E-state index >= 15 is 0 Å². The van der Waals surface area contributed by atoms with Crippen molar-refractivity contribution in [2.45, 2.75) is 26.6 Å². The maximum Gasteiger partial charge on any atom is 0.0681 e. The molecule has 0 unspecified atom stereocenters. The molecular formula is C14H17NOS. The number of nitrogens with one attached hydrogen (secondary N) is 1. The van der Waals surface area contributed by atoms with Crippen LogP contribution < -0.4 is 5.32 Å². The summed E-state index contributed by atoms with van der Waals surface area (Å²) in [6.45, 7) is 4.04. The largest absolute Gasteiger partial charge is 0.392 e. The van der Waals surface area contributed by atoms with Gasteiger partial charge in [0.2, 0.25) is 0 Å². The van der Waals surface area contributed by atoms with E-state index in [1.54, 1.807) is 11.3 Å². The first kappa shape index (κ1) is 12.3. The van der Waals surface area contributed by atoms with Crippen LogP contribution in [0.3, 0.4) is 0 Å². The second-order valence-electron chi connectivity index (χ2n) is 4.10. The van der Waals surface area contributed by atoms with E-state index in [9.17, 15) is 0 Å². The van der Waals surface area contributed by atoms with Crippen LogP contribution in [0.15, 0.2) is 35.7 Å². The van der Waals surface area contributed by atoms with E-state index in [0.29, 0.717) is 0 Å². The fourth-order valence-electron chi connectivity index (χ4n) is 1.67. The Kier molecular flexibility index (Phi) is 4.31. The average Bonchev–Trinajstić information content (AvgIpc) is 2.76. The predicted octanol–water partition coefficient (Wildman–Crippen LogP) is 2.84. The molecule has 90 valence electrons. The molecule has 0 amide bonds. The van der Waals surface area contributed by atoms with E-state index in [-0.39, 0.29) is 6.61 Å². The maximum absolute atomic E-state index is 8.95. The first-order chi connectivity index (χ1) is 8.29. The fraction of sp³-hybridized carbons (Fsp3) is 0.286. The third-order valence-corrected chi connectivity index (χ3v) is 3.81. The lowest BCUT2D eigenvalue weighted by molar-refractivity contribution is 0.282. The number of hydrogen-bond donors (Lipinski definition) is 2. The summed E-state index contributed by atoms with van der Waals surface area (Å²) in [5.74, 6) is 0. The molecular weight excluding hydrogens is 230 g/mol. The molecule has 0 aliphatic rings. The number of thiophene rings is 1. The third-order valence-electron chi connectivity index (χ3n) is 2.79. The van der Waals surface area contributed by atoms with Crippen molar-refractivity contribution in [3.8, 4) is 0 Å². The summed E-state index contributed by atoms with van der Waals surface area (Å²) >= 11 is 1.80. The molecule has 0 saturated carbocycles. The fourth-order valence-corrected chi connectivity index (χ4v) is 2.54. The molecule has 0 atom stereocenters. The maximum atomic E-state index is 8.95. The van der Waals surface area contributed by atoms with E-state index in [1.165, 1.54) is 16.0 Å². The monoisotopic (exact) mass is 247 g/mol. The molecule has 0 aliphatic carbocycles. The highest BCUT2D eigenvalue weighted by Crippen LogP contribution is 2.15. The van der Waals surface area contributed by atoms with E-state index in [4.69, 9.17) is 5.11 Å². The van der Waals surface area contributed by atoms with Crippen molar-refractivity contribution in [2.75, 3.05) is 0 Å². The van der Waals surface area contributed by atoms with Crippen LogP contribution in [0.1, 0.15) is 21.6 Å². The Balaban J connectivity index is 1.83. The van der Waals surface area contributed by atoms with E-state index < -0.39 is 0 Å². The van der Waals surface area contributed by atoms with E-state index in [0.717, 1.165) is 18.7 Å². The van der Waals surface area contributed by atoms with Crippen molar-refractivity contribution < 1.29 is 5.11 Å². The highest BCUT2D eigenvalue weighted by Gasteiger charge is 1.99. The van der Waals surface area contributed by atoms with Gasteiger partial charge < -0.3 is 10.4 Å². The van der Waals surface area contributed by atoms with Gasteiger partial charge in [0.1, 0.15) is 0 Å². The van der Waals surface area contributed by atoms with Crippen molar-refractivity contribution in [1.29, 1.82) is 0 Å². The minimum Gasteiger partial charge on any atom is -0.392 e. The van der Waals surface area contributed by atoms with Crippen LogP contribution in [0, 0.1) is 6.92 Å². The van der Waals surface area contributed by atoms with Crippen molar-refractivity contribution >= 4 is 11.3 Å². The Morgan fingerprint density at radius 1 is 1.06 bits per heavy atom. The number of aliphatic hydroxyl groups excluding tert-OH is 1. The average molecular weight is 247 g/mol. The molecule has 2 nitrogen and oxygen atoms in total. The SMILES string of the molecule is Cc1ccsc1CNCc1ccc(CO)cc1. The predicted molar refractivity (Wildman–Crippen MR) is 72.0 cm³/mol. The first-order valence-electron chi connectivity index (χ1n) is 5.72. The minimum atomic E-state index is 0.113. The van der Waals surface area contributed by atoms with Gasteiger partial charge in [-0.3, -0.25) is 0 Å². The summed E-state index contributed by atoms with van der Waals surface area (Å²) in [6, 6.07) is 10.2. The summed E-state index contributed by atoms with van der Waals surface area (Å²) in [5.41, 5.74) is 3.57. The highest BCUT2D eigenvalue weighted by atomic mass is 32.1. The Hall–Kier alpha value is -1.16. The van der Waals surface area contributed by atoms with Crippen molar-refractivity contribution in [2.24, 2.45) is 0 Å². The van der Waals surface area contributed by atoms with Gasteiger partial charge in [0, 0.05) is 18.0 Å².